The fourth-order valence-corrected chi connectivity index (χ4v) is 3.50. The number of nitrogens with one attached hydrogen (secondary N) is 1. The van der Waals surface area contributed by atoms with Crippen molar-refractivity contribution in [3.63, 3.8) is 0 Å². The Balaban J connectivity index is 1.60. The number of carbonyl (C=O) groups is 2. The standard InChI is InChI=1S/C24H23ClN4O5/c1-15-7-9-18(10-8-15)13-28-24(25)19(17(3)27-28)11-12-22(31)34-14-21(30)26-23-16(2)5-4-6-20(23)29(32)33/h4-12H,13-14H2,1-3H3,(H,26,30)/b12-11+. The molecule has 3 rings (SSSR count). The normalized spacial score (nSPS) is 10.9. The second-order valence-corrected chi connectivity index (χ2v) is 8.01. The van der Waals surface area contributed by atoms with Crippen LogP contribution >= 0.6 is 11.6 Å². The lowest BCUT2D eigenvalue weighted by atomic mass is 10.1. The third-order valence-corrected chi connectivity index (χ3v) is 5.40. The lowest BCUT2D eigenvalue weighted by Gasteiger charge is -2.08. The number of amides is 1. The maximum atomic E-state index is 12.2. The van der Waals surface area contributed by atoms with Gasteiger partial charge in [-0.1, -0.05) is 53.6 Å². The lowest BCUT2D eigenvalue weighted by molar-refractivity contribution is -0.384. The number of nitro benzene ring substituents is 1. The van der Waals surface area contributed by atoms with E-state index < -0.39 is 23.4 Å². The first-order valence-electron chi connectivity index (χ1n) is 10.3. The first kappa shape index (κ1) is 24.7. The van der Waals surface area contributed by atoms with E-state index in [1.807, 2.05) is 31.2 Å². The van der Waals surface area contributed by atoms with Gasteiger partial charge in [-0.05, 0) is 38.0 Å². The number of halogens is 1. The molecule has 3 aromatic rings. The van der Waals surface area contributed by atoms with Crippen LogP contribution in [0, 0.1) is 30.9 Å². The molecule has 0 aliphatic carbocycles. The van der Waals surface area contributed by atoms with Gasteiger partial charge in [0.2, 0.25) is 0 Å². The van der Waals surface area contributed by atoms with Gasteiger partial charge >= 0.3 is 5.97 Å². The van der Waals surface area contributed by atoms with Crippen molar-refractivity contribution < 1.29 is 19.2 Å². The average molecular weight is 483 g/mol. The van der Waals surface area contributed by atoms with E-state index >= 15 is 0 Å². The van der Waals surface area contributed by atoms with E-state index in [0.29, 0.717) is 28.5 Å². The molecule has 0 saturated heterocycles. The molecule has 10 heteroatoms. The van der Waals surface area contributed by atoms with Crippen LogP contribution in [0.3, 0.4) is 0 Å². The number of ether oxygens (including phenoxy) is 1. The zero-order valence-electron chi connectivity index (χ0n) is 18.9. The molecule has 0 aliphatic heterocycles. The summed E-state index contributed by atoms with van der Waals surface area (Å²) < 4.78 is 6.59. The summed E-state index contributed by atoms with van der Waals surface area (Å²) in [5.74, 6) is -1.46. The summed E-state index contributed by atoms with van der Waals surface area (Å²) in [6.45, 7) is 5.28. The number of hydrogen-bond donors (Lipinski definition) is 1. The number of nitrogens with zero attached hydrogens (tertiary/aromatic N) is 3. The van der Waals surface area contributed by atoms with Gasteiger partial charge in [0, 0.05) is 17.7 Å². The number of anilines is 1. The number of rotatable bonds is 8. The van der Waals surface area contributed by atoms with Crippen LogP contribution in [-0.4, -0.2) is 33.2 Å². The predicted octanol–water partition coefficient (Wildman–Crippen LogP) is 4.61. The Morgan fingerprint density at radius 3 is 2.56 bits per heavy atom. The molecule has 1 N–H and O–H groups in total. The zero-order valence-corrected chi connectivity index (χ0v) is 19.6. The van der Waals surface area contributed by atoms with Crippen molar-refractivity contribution in [3.05, 3.63) is 91.8 Å². The number of nitro groups is 1. The highest BCUT2D eigenvalue weighted by Gasteiger charge is 2.18. The van der Waals surface area contributed by atoms with Crippen molar-refractivity contribution in [2.24, 2.45) is 0 Å². The van der Waals surface area contributed by atoms with Crippen LogP contribution in [-0.2, 0) is 20.9 Å². The van der Waals surface area contributed by atoms with Gasteiger partial charge in [0.1, 0.15) is 10.8 Å². The number of esters is 1. The fraction of sp³-hybridized carbons (Fsp3) is 0.208. The molecular formula is C24H23ClN4O5. The molecule has 0 saturated carbocycles. The number of para-hydroxylation sites is 1. The summed E-state index contributed by atoms with van der Waals surface area (Å²) in [7, 11) is 0. The van der Waals surface area contributed by atoms with Crippen LogP contribution in [0.2, 0.25) is 5.15 Å². The van der Waals surface area contributed by atoms with E-state index in [9.17, 15) is 19.7 Å². The molecule has 1 amide bonds. The van der Waals surface area contributed by atoms with E-state index in [-0.39, 0.29) is 11.4 Å². The van der Waals surface area contributed by atoms with Gasteiger partial charge in [-0.25, -0.2) is 9.48 Å². The van der Waals surface area contributed by atoms with Crippen LogP contribution < -0.4 is 5.32 Å². The summed E-state index contributed by atoms with van der Waals surface area (Å²) in [6, 6.07) is 12.4. The highest BCUT2D eigenvalue weighted by Crippen LogP contribution is 2.27. The first-order valence-corrected chi connectivity index (χ1v) is 10.7. The van der Waals surface area contributed by atoms with Crippen LogP contribution in [0.25, 0.3) is 6.08 Å². The van der Waals surface area contributed by atoms with Crippen molar-refractivity contribution >= 4 is 40.9 Å². The second-order valence-electron chi connectivity index (χ2n) is 7.65. The molecule has 9 nitrogen and oxygen atoms in total. The molecule has 1 heterocycles. The third-order valence-electron chi connectivity index (χ3n) is 5.01. The maximum Gasteiger partial charge on any atom is 0.331 e. The molecule has 1 aromatic heterocycles. The molecule has 0 bridgehead atoms. The minimum Gasteiger partial charge on any atom is -0.452 e. The summed E-state index contributed by atoms with van der Waals surface area (Å²) in [6.07, 6.45) is 2.62. The van der Waals surface area contributed by atoms with Gasteiger partial charge in [0.25, 0.3) is 11.6 Å². The SMILES string of the molecule is Cc1ccc(Cn2nc(C)c(/C=C/C(=O)OCC(=O)Nc3c(C)cccc3[N+](=O)[O-])c2Cl)cc1. The van der Waals surface area contributed by atoms with Crippen LogP contribution in [0.15, 0.2) is 48.5 Å². The van der Waals surface area contributed by atoms with Crippen molar-refractivity contribution in [2.75, 3.05) is 11.9 Å². The highest BCUT2D eigenvalue weighted by atomic mass is 35.5. The number of aryl methyl sites for hydroxylation is 3. The molecule has 0 fully saturated rings. The maximum absolute atomic E-state index is 12.2. The summed E-state index contributed by atoms with van der Waals surface area (Å²) >= 11 is 6.45. The first-order chi connectivity index (χ1) is 16.2. The predicted molar refractivity (Wildman–Crippen MR) is 129 cm³/mol. The molecule has 2 aromatic carbocycles. The van der Waals surface area contributed by atoms with Crippen LogP contribution in [0.4, 0.5) is 11.4 Å². The Kier molecular flexibility index (Phi) is 7.80. The van der Waals surface area contributed by atoms with Gasteiger partial charge in [-0.3, -0.25) is 14.9 Å². The molecule has 34 heavy (non-hydrogen) atoms. The molecular weight excluding hydrogens is 460 g/mol. The highest BCUT2D eigenvalue weighted by molar-refractivity contribution is 6.31. The molecule has 176 valence electrons. The molecule has 0 radical (unpaired) electrons. The summed E-state index contributed by atoms with van der Waals surface area (Å²) in [4.78, 5) is 34.8. The average Bonchev–Trinajstić information content (AvgIpc) is 3.05. The fourth-order valence-electron chi connectivity index (χ4n) is 3.21. The van der Waals surface area contributed by atoms with Crippen molar-refractivity contribution in [1.82, 2.24) is 9.78 Å². The topological polar surface area (TPSA) is 116 Å². The number of benzene rings is 2. The summed E-state index contributed by atoms with van der Waals surface area (Å²) in [5.41, 5.74) is 3.71. The smallest absolute Gasteiger partial charge is 0.331 e. The van der Waals surface area contributed by atoms with E-state index in [0.717, 1.165) is 17.2 Å². The van der Waals surface area contributed by atoms with Crippen molar-refractivity contribution in [2.45, 2.75) is 27.3 Å². The minimum absolute atomic E-state index is 0.0625. The monoisotopic (exact) mass is 482 g/mol. The molecule has 0 unspecified atom stereocenters. The van der Waals surface area contributed by atoms with Crippen molar-refractivity contribution in [3.8, 4) is 0 Å². The molecule has 0 atom stereocenters. The van der Waals surface area contributed by atoms with Crippen LogP contribution in [0.5, 0.6) is 0 Å². The summed E-state index contributed by atoms with van der Waals surface area (Å²) in [5, 5.41) is 18.4. The van der Waals surface area contributed by atoms with E-state index in [1.54, 1.807) is 24.6 Å². The Morgan fingerprint density at radius 2 is 1.88 bits per heavy atom. The lowest BCUT2D eigenvalue weighted by Crippen LogP contribution is -2.21. The molecule has 0 spiro atoms. The Bertz CT molecular complexity index is 1270. The molecule has 0 aliphatic rings. The third kappa shape index (κ3) is 6.08. The number of carbonyl (C=O) groups excluding carboxylic acids is 2. The largest absolute Gasteiger partial charge is 0.452 e. The number of aromatic nitrogens is 2. The second kappa shape index (κ2) is 10.8. The van der Waals surface area contributed by atoms with Gasteiger partial charge in [-0.15, -0.1) is 0 Å². The Morgan fingerprint density at radius 1 is 1.18 bits per heavy atom. The Hall–Kier alpha value is -3.98. The zero-order chi connectivity index (χ0) is 24.8. The van der Waals surface area contributed by atoms with E-state index in [2.05, 4.69) is 10.4 Å². The van der Waals surface area contributed by atoms with Gasteiger partial charge < -0.3 is 10.1 Å². The van der Waals surface area contributed by atoms with E-state index in [1.165, 1.54) is 18.2 Å². The van der Waals surface area contributed by atoms with Gasteiger partial charge in [0.05, 0.1) is 17.2 Å². The van der Waals surface area contributed by atoms with Crippen LogP contribution in [0.1, 0.15) is 27.9 Å². The number of hydrogen-bond acceptors (Lipinski definition) is 6. The Labute approximate surface area is 201 Å². The van der Waals surface area contributed by atoms with Gasteiger partial charge in [-0.2, -0.15) is 5.10 Å². The van der Waals surface area contributed by atoms with Crippen molar-refractivity contribution in [1.29, 1.82) is 0 Å². The van der Waals surface area contributed by atoms with E-state index in [4.69, 9.17) is 16.3 Å². The minimum atomic E-state index is -0.767. The van der Waals surface area contributed by atoms with Gasteiger partial charge in [0.15, 0.2) is 6.61 Å². The quantitative estimate of drug-likeness (QED) is 0.217.